The first kappa shape index (κ1) is 54.4. The molecule has 4 saturated heterocycles. The fourth-order valence-corrected chi connectivity index (χ4v) is 11.6. The van der Waals surface area contributed by atoms with Crippen LogP contribution < -0.4 is 31.1 Å². The number of hydrogen-bond acceptors (Lipinski definition) is 15. The fraction of sp³-hybridized carbons (Fsp3) is 0.537. The number of carbonyl (C=O) groups is 5. The zero-order valence-electron chi connectivity index (χ0n) is 43.5. The van der Waals surface area contributed by atoms with Gasteiger partial charge in [0, 0.05) is 92.3 Å². The minimum Gasteiger partial charge on any atom is -0.444 e. The maximum absolute atomic E-state index is 14.4. The molecule has 4 N–H and O–H groups in total. The molecule has 7 heterocycles. The van der Waals surface area contributed by atoms with Crippen LogP contribution in [0.15, 0.2) is 76.9 Å². The van der Waals surface area contributed by atoms with Gasteiger partial charge < -0.3 is 35.0 Å². The number of aromatic nitrogens is 4. The molecule has 2 unspecified atom stereocenters. The second-order valence-electron chi connectivity index (χ2n) is 22.2. The fourth-order valence-electron chi connectivity index (χ4n) is 10.8. The summed E-state index contributed by atoms with van der Waals surface area (Å²) in [7, 11) is 0. The molecule has 76 heavy (non-hydrogen) atoms. The predicted octanol–water partition coefficient (Wildman–Crippen LogP) is 7.56. The van der Waals surface area contributed by atoms with Crippen molar-refractivity contribution in [2.24, 2.45) is 5.41 Å². The normalized spacial score (nSPS) is 19.8. The van der Waals surface area contributed by atoms with Crippen LogP contribution in [0.5, 0.6) is 0 Å². The molecule has 406 valence electrons. The number of anilines is 3. The van der Waals surface area contributed by atoms with Gasteiger partial charge in [-0.2, -0.15) is 18.3 Å². The van der Waals surface area contributed by atoms with Gasteiger partial charge in [0.05, 0.1) is 18.1 Å². The lowest BCUT2D eigenvalue weighted by molar-refractivity contribution is -0.159. The van der Waals surface area contributed by atoms with Crippen molar-refractivity contribution in [1.82, 2.24) is 45.9 Å². The molecular weight excluding hydrogens is 1000 g/mol. The van der Waals surface area contributed by atoms with E-state index < -0.39 is 35.9 Å². The largest absolute Gasteiger partial charge is 0.444 e. The van der Waals surface area contributed by atoms with Gasteiger partial charge in [0.15, 0.2) is 5.82 Å². The number of alkyl carbamates (subject to hydrolysis) is 1. The van der Waals surface area contributed by atoms with Crippen LogP contribution in [0.2, 0.25) is 0 Å². The van der Waals surface area contributed by atoms with Crippen molar-refractivity contribution in [1.29, 1.82) is 0 Å². The summed E-state index contributed by atoms with van der Waals surface area (Å²) in [4.78, 5) is 80.8. The van der Waals surface area contributed by atoms with Gasteiger partial charge >= 0.3 is 12.3 Å². The zero-order chi connectivity index (χ0) is 53.8. The van der Waals surface area contributed by atoms with E-state index in [1.165, 1.54) is 22.7 Å². The molecule has 4 aromatic rings. The summed E-state index contributed by atoms with van der Waals surface area (Å²) in [6, 6.07) is 12.7. The Bertz CT molecular complexity index is 2770. The topological polar surface area (TPSA) is 207 Å². The van der Waals surface area contributed by atoms with Gasteiger partial charge in [0.25, 0.3) is 5.91 Å². The number of nitrogens with one attached hydrogen (secondary N) is 4. The van der Waals surface area contributed by atoms with Gasteiger partial charge in [-0.15, -0.1) is 5.10 Å². The average Bonchev–Trinajstić information content (AvgIpc) is 3.95. The van der Waals surface area contributed by atoms with Crippen LogP contribution in [-0.4, -0.2) is 129 Å². The Kier molecular flexibility index (Phi) is 16.2. The van der Waals surface area contributed by atoms with Crippen molar-refractivity contribution in [2.75, 3.05) is 60.9 Å². The molecule has 0 aliphatic carbocycles. The number of imide groups is 1. The first-order valence-electron chi connectivity index (χ1n) is 26.2. The highest BCUT2D eigenvalue weighted by Gasteiger charge is 2.48. The molecule has 4 fully saturated rings. The highest BCUT2D eigenvalue weighted by Crippen LogP contribution is 2.41. The summed E-state index contributed by atoms with van der Waals surface area (Å²) >= 11 is 1.48. The third-order valence-electron chi connectivity index (χ3n) is 14.8. The molecule has 18 nitrogen and oxygen atoms in total. The number of benzene rings is 2. The van der Waals surface area contributed by atoms with E-state index in [1.54, 1.807) is 36.7 Å². The van der Waals surface area contributed by atoms with Crippen LogP contribution in [0.3, 0.4) is 0 Å². The molecule has 0 saturated carbocycles. The zero-order valence-corrected chi connectivity index (χ0v) is 44.3. The molecule has 5 amide bonds. The average molecular weight is 1070 g/mol. The van der Waals surface area contributed by atoms with E-state index >= 15 is 0 Å². The van der Waals surface area contributed by atoms with Crippen LogP contribution >= 0.6 is 11.8 Å². The number of alkyl halides is 3. The van der Waals surface area contributed by atoms with Crippen LogP contribution in [-0.2, 0) is 32.2 Å². The molecule has 0 radical (unpaired) electrons. The number of nitrogens with zero attached hydrogens (tertiary/aromatic N) is 8. The molecule has 0 bridgehead atoms. The Morgan fingerprint density at radius 3 is 2.37 bits per heavy atom. The van der Waals surface area contributed by atoms with Gasteiger partial charge in [-0.05, 0) is 120 Å². The summed E-state index contributed by atoms with van der Waals surface area (Å²) in [5.74, 6) is 0.0491. The third-order valence-corrected chi connectivity index (χ3v) is 15.8. The molecule has 22 heteroatoms. The standard InChI is InChI=1S/C54H67F3N12O6S/c1-51(2,3)75-50(74)63-52(4)19-23-67(24-20-52)43-29-59-46(30-58-43)76-38-11-9-10-37(27-38)61-44(70)12-7-5-6-8-22-66-32-53(33-66)21-25-68(34-53)42-17-15-40(64-65-42)47(54(55,56)57)60-28-35-13-14-39-36(26-35)31-69(49(39)73)41-16-18-45(71)62-48(41)72/h9-11,13-15,17,26-27,29-30,41,47,60H,5-8,12,16,18-25,28,31-34H2,1-4H3,(H,61,70)(H,63,74)(H,62,71,72). The Hall–Kier alpha value is -6.39. The lowest BCUT2D eigenvalue weighted by atomic mass is 9.79. The highest BCUT2D eigenvalue weighted by molar-refractivity contribution is 7.99. The lowest BCUT2D eigenvalue weighted by Crippen LogP contribution is -2.57. The maximum Gasteiger partial charge on any atom is 0.409 e. The minimum atomic E-state index is -4.65. The lowest BCUT2D eigenvalue weighted by Gasteiger charge is -2.48. The number of rotatable bonds is 18. The van der Waals surface area contributed by atoms with Crippen LogP contribution in [0.25, 0.3) is 0 Å². The van der Waals surface area contributed by atoms with Gasteiger partial charge in [-0.3, -0.25) is 29.8 Å². The van der Waals surface area contributed by atoms with Crippen LogP contribution in [0.4, 0.5) is 35.3 Å². The van der Waals surface area contributed by atoms with Crippen LogP contribution in [0, 0.1) is 5.41 Å². The first-order chi connectivity index (χ1) is 36.2. The SMILES string of the molecule is CC1(NC(=O)OC(C)(C)C)CCN(c2cnc(Sc3cccc(NC(=O)CCCCCCN4CC5(CCN(c6ccc(C(NCc7ccc8c(c7)CN(C7CCC(=O)NC7=O)C8=O)C(F)(F)F)nn6)C5)C4)c3)cn2)CC1. The quantitative estimate of drug-likeness (QED) is 0.0561. The number of amides is 5. The molecule has 2 aromatic heterocycles. The van der Waals surface area contributed by atoms with Crippen molar-refractivity contribution in [3.8, 4) is 0 Å². The first-order valence-corrected chi connectivity index (χ1v) is 27.0. The Labute approximate surface area is 445 Å². The van der Waals surface area contributed by atoms with E-state index in [9.17, 15) is 37.1 Å². The maximum atomic E-state index is 14.4. The molecule has 2 atom stereocenters. The summed E-state index contributed by atoms with van der Waals surface area (Å²) in [5.41, 5.74) is 1.22. The number of likely N-dealkylation sites (tertiary alicyclic amines) is 1. The minimum absolute atomic E-state index is 0.0213. The van der Waals surface area contributed by atoms with Gasteiger partial charge in [0.1, 0.15) is 28.5 Å². The molecular formula is C54H67F3N12O6S. The van der Waals surface area contributed by atoms with Crippen molar-refractivity contribution in [2.45, 2.75) is 144 Å². The van der Waals surface area contributed by atoms with E-state index in [4.69, 9.17) is 4.74 Å². The molecule has 5 aliphatic rings. The van der Waals surface area contributed by atoms with E-state index in [1.807, 2.05) is 52.0 Å². The molecule has 2 aromatic carbocycles. The van der Waals surface area contributed by atoms with E-state index in [0.717, 1.165) is 112 Å². The summed E-state index contributed by atoms with van der Waals surface area (Å²) in [6.07, 6.45) is 5.53. The summed E-state index contributed by atoms with van der Waals surface area (Å²) in [5, 5.41) is 20.0. The van der Waals surface area contributed by atoms with Crippen molar-refractivity contribution >= 4 is 58.8 Å². The van der Waals surface area contributed by atoms with Crippen LogP contribution in [0.1, 0.15) is 125 Å². The summed E-state index contributed by atoms with van der Waals surface area (Å²) in [6.45, 7) is 13.4. The van der Waals surface area contributed by atoms with Gasteiger partial charge in [-0.25, -0.2) is 14.8 Å². The molecule has 5 aliphatic heterocycles. The Balaban J connectivity index is 0.646. The number of piperidine rings is 2. The van der Waals surface area contributed by atoms with Crippen molar-refractivity contribution in [3.05, 3.63) is 89.4 Å². The Morgan fingerprint density at radius 2 is 1.66 bits per heavy atom. The number of fused-ring (bicyclic) bond motifs is 1. The van der Waals surface area contributed by atoms with Crippen molar-refractivity contribution < 1.29 is 41.9 Å². The number of ether oxygens (including phenoxy) is 1. The van der Waals surface area contributed by atoms with Gasteiger partial charge in [-0.1, -0.05) is 42.8 Å². The second-order valence-corrected chi connectivity index (χ2v) is 23.3. The van der Waals surface area contributed by atoms with E-state index in [-0.39, 0.29) is 60.3 Å². The van der Waals surface area contributed by atoms with Gasteiger partial charge in [0.2, 0.25) is 17.7 Å². The summed E-state index contributed by atoms with van der Waals surface area (Å²) < 4.78 is 48.7. The molecule has 9 rings (SSSR count). The second kappa shape index (κ2) is 22.7. The third kappa shape index (κ3) is 13.6. The number of hydrogen-bond donors (Lipinski definition) is 4. The predicted molar refractivity (Wildman–Crippen MR) is 279 cm³/mol. The van der Waals surface area contributed by atoms with E-state index in [0.29, 0.717) is 28.9 Å². The number of unbranched alkanes of at least 4 members (excludes halogenated alkanes) is 3. The number of halogens is 3. The molecule has 1 spiro atoms. The smallest absolute Gasteiger partial charge is 0.409 e. The monoisotopic (exact) mass is 1070 g/mol. The van der Waals surface area contributed by atoms with Crippen molar-refractivity contribution in [3.63, 3.8) is 0 Å². The number of carbonyl (C=O) groups excluding carboxylic acids is 5. The Morgan fingerprint density at radius 1 is 0.882 bits per heavy atom. The van der Waals surface area contributed by atoms with E-state index in [2.05, 4.69) is 56.1 Å². The highest BCUT2D eigenvalue weighted by atomic mass is 32.2.